The molecule has 0 unspecified atom stereocenters. The highest BCUT2D eigenvalue weighted by Gasteiger charge is 2.48. The number of nitrogens with one attached hydrogen (secondary N) is 2. The van der Waals surface area contributed by atoms with E-state index in [1.54, 1.807) is 6.92 Å². The average molecular weight is 550 g/mol. The van der Waals surface area contributed by atoms with E-state index in [4.69, 9.17) is 0 Å². The van der Waals surface area contributed by atoms with Gasteiger partial charge in [-0.2, -0.15) is 23.4 Å². The maximum Gasteiger partial charge on any atom is 0.408 e. The first-order valence-electron chi connectivity index (χ1n) is 12.9. The number of hydrogen-bond acceptors (Lipinski definition) is 9. The van der Waals surface area contributed by atoms with Crippen LogP contribution in [0.25, 0.3) is 0 Å². The van der Waals surface area contributed by atoms with Gasteiger partial charge in [0.25, 0.3) is 0 Å². The van der Waals surface area contributed by atoms with Gasteiger partial charge >= 0.3 is 6.18 Å². The zero-order valence-corrected chi connectivity index (χ0v) is 21.7. The molecule has 2 aromatic heterocycles. The van der Waals surface area contributed by atoms with Gasteiger partial charge in [-0.05, 0) is 55.9 Å². The Hall–Kier alpha value is -4.31. The van der Waals surface area contributed by atoms with E-state index in [1.807, 2.05) is 12.1 Å². The van der Waals surface area contributed by atoms with E-state index in [0.29, 0.717) is 23.4 Å². The van der Waals surface area contributed by atoms with Crippen LogP contribution in [0.3, 0.4) is 0 Å². The van der Waals surface area contributed by atoms with Crippen LogP contribution in [0.2, 0.25) is 0 Å². The topological polar surface area (TPSA) is 123 Å². The highest BCUT2D eigenvalue weighted by molar-refractivity contribution is 5.67. The van der Waals surface area contributed by atoms with Crippen LogP contribution < -0.4 is 15.6 Å². The summed E-state index contributed by atoms with van der Waals surface area (Å²) in [6, 6.07) is 9.62. The van der Waals surface area contributed by atoms with Gasteiger partial charge in [0.15, 0.2) is 17.5 Å². The molecule has 0 radical (unpaired) electrons. The van der Waals surface area contributed by atoms with E-state index in [9.17, 15) is 23.2 Å². The Labute approximate surface area is 228 Å². The molecule has 1 aliphatic heterocycles. The maximum atomic E-state index is 13.5. The van der Waals surface area contributed by atoms with E-state index in [1.165, 1.54) is 29.6 Å². The van der Waals surface area contributed by atoms with Crippen molar-refractivity contribution in [3.05, 3.63) is 59.2 Å². The van der Waals surface area contributed by atoms with Gasteiger partial charge in [0.05, 0.1) is 6.07 Å². The fraction of sp³-hybridized carbons (Fsp3) is 0.407. The minimum Gasteiger partial charge on any atom is -0.324 e. The van der Waals surface area contributed by atoms with E-state index in [-0.39, 0.29) is 35.2 Å². The molecule has 2 fully saturated rings. The molecule has 1 amide bonds. The van der Waals surface area contributed by atoms with Crippen molar-refractivity contribution in [2.45, 2.75) is 56.2 Å². The summed E-state index contributed by atoms with van der Waals surface area (Å²) in [5.74, 6) is 0.346. The van der Waals surface area contributed by atoms with Crippen LogP contribution in [0.1, 0.15) is 48.2 Å². The normalized spacial score (nSPS) is 17.9. The Kier molecular flexibility index (Phi) is 6.10. The standard InChI is InChI=1S/C27H26F3N9O/c1-17-11-34-24(35-19-3-2-18-12-32-14-26(7-8-26)20(18)10-19)37-22(17)39(38(16-40)15-27(28,29)30)21-4-9-33-23(36-21)25(13-31)5-6-25/h2-4,9-11,16,32H,5-8,12,14-15H2,1H3,(H,34,35,37). The van der Waals surface area contributed by atoms with E-state index in [0.717, 1.165) is 36.6 Å². The molecule has 0 atom stereocenters. The van der Waals surface area contributed by atoms with Crippen LogP contribution in [-0.2, 0) is 22.2 Å². The van der Waals surface area contributed by atoms with Crippen LogP contribution >= 0.6 is 0 Å². The van der Waals surface area contributed by atoms with E-state index >= 15 is 0 Å². The predicted molar refractivity (Wildman–Crippen MR) is 139 cm³/mol. The summed E-state index contributed by atoms with van der Waals surface area (Å²) in [6.45, 7) is 1.78. The maximum absolute atomic E-state index is 13.5. The molecular formula is C27H26F3N9O. The summed E-state index contributed by atoms with van der Waals surface area (Å²) < 4.78 is 40.6. The summed E-state index contributed by atoms with van der Waals surface area (Å²) in [7, 11) is 0. The van der Waals surface area contributed by atoms with Crippen LogP contribution in [0.4, 0.5) is 36.4 Å². The molecule has 3 aliphatic rings. The van der Waals surface area contributed by atoms with Crippen LogP contribution in [0.15, 0.2) is 36.7 Å². The number of rotatable bonds is 8. The van der Waals surface area contributed by atoms with Gasteiger partial charge in [-0.1, -0.05) is 6.07 Å². The van der Waals surface area contributed by atoms with Crippen LogP contribution in [0.5, 0.6) is 0 Å². The monoisotopic (exact) mass is 549 g/mol. The second kappa shape index (κ2) is 9.41. The Bertz CT molecular complexity index is 1510. The predicted octanol–water partition coefficient (Wildman–Crippen LogP) is 4.08. The highest BCUT2D eigenvalue weighted by atomic mass is 19.4. The Balaban J connectivity index is 1.39. The SMILES string of the molecule is Cc1cnc(Nc2ccc3c(c2)C2(CC2)CNC3)nc1N(c1ccnc(C2(C#N)CC2)n1)N(C=O)CC(F)(F)F. The number of alkyl halides is 3. The van der Waals surface area contributed by atoms with Gasteiger partial charge in [0, 0.05) is 48.2 Å². The first kappa shape index (κ1) is 25.9. The molecule has 3 aromatic rings. The summed E-state index contributed by atoms with van der Waals surface area (Å²) >= 11 is 0. The number of anilines is 4. The van der Waals surface area contributed by atoms with Crippen molar-refractivity contribution < 1.29 is 18.0 Å². The number of halogens is 3. The first-order valence-corrected chi connectivity index (χ1v) is 12.9. The average Bonchev–Trinajstić information content (AvgIpc) is 3.87. The van der Waals surface area contributed by atoms with E-state index in [2.05, 4.69) is 42.7 Å². The number of benzene rings is 1. The van der Waals surface area contributed by atoms with Crippen molar-refractivity contribution in [1.29, 1.82) is 5.26 Å². The van der Waals surface area contributed by atoms with Crippen LogP contribution in [-0.4, -0.2) is 50.6 Å². The Morgan fingerprint density at radius 3 is 2.65 bits per heavy atom. The number of carbonyl (C=O) groups is 1. The zero-order chi connectivity index (χ0) is 28.1. The van der Waals surface area contributed by atoms with Crippen molar-refractivity contribution in [2.75, 3.05) is 23.4 Å². The number of aryl methyl sites for hydroxylation is 1. The lowest BCUT2D eigenvalue weighted by Crippen LogP contribution is -2.45. The largest absolute Gasteiger partial charge is 0.408 e. The number of fused-ring (bicyclic) bond motifs is 2. The molecular weight excluding hydrogens is 523 g/mol. The molecule has 2 saturated carbocycles. The highest BCUT2D eigenvalue weighted by Crippen LogP contribution is 2.51. The smallest absolute Gasteiger partial charge is 0.324 e. The van der Waals surface area contributed by atoms with Crippen molar-refractivity contribution in [1.82, 2.24) is 30.3 Å². The van der Waals surface area contributed by atoms with Crippen molar-refractivity contribution in [2.24, 2.45) is 0 Å². The molecule has 1 aromatic carbocycles. The molecule has 1 spiro atoms. The third-order valence-electron chi connectivity index (χ3n) is 7.69. The molecule has 0 saturated heterocycles. The molecule has 2 N–H and O–H groups in total. The fourth-order valence-corrected chi connectivity index (χ4v) is 5.18. The Morgan fingerprint density at radius 2 is 1.98 bits per heavy atom. The minimum absolute atomic E-state index is 0.0208. The summed E-state index contributed by atoms with van der Waals surface area (Å²) in [5, 5.41) is 17.7. The lowest BCUT2D eigenvalue weighted by molar-refractivity contribution is -0.154. The third-order valence-corrected chi connectivity index (χ3v) is 7.69. The molecule has 206 valence electrons. The number of amides is 1. The quantitative estimate of drug-likeness (QED) is 0.316. The number of hydrogen-bond donors (Lipinski definition) is 2. The molecule has 40 heavy (non-hydrogen) atoms. The zero-order valence-electron chi connectivity index (χ0n) is 21.7. The van der Waals surface area contributed by atoms with Gasteiger partial charge in [0.1, 0.15) is 12.0 Å². The number of nitriles is 1. The van der Waals surface area contributed by atoms with Gasteiger partial charge in [-0.3, -0.25) is 4.79 Å². The van der Waals surface area contributed by atoms with Crippen molar-refractivity contribution in [3.8, 4) is 6.07 Å². The lowest BCUT2D eigenvalue weighted by Gasteiger charge is -2.33. The summed E-state index contributed by atoms with van der Waals surface area (Å²) in [4.78, 5) is 29.5. The van der Waals surface area contributed by atoms with Gasteiger partial charge < -0.3 is 10.6 Å². The van der Waals surface area contributed by atoms with Crippen molar-refractivity contribution >= 4 is 29.7 Å². The first-order chi connectivity index (χ1) is 19.2. The number of nitrogens with zero attached hydrogens (tertiary/aromatic N) is 7. The minimum atomic E-state index is -4.70. The second-order valence-corrected chi connectivity index (χ2v) is 10.6. The lowest BCUT2D eigenvalue weighted by atomic mass is 9.88. The van der Waals surface area contributed by atoms with Crippen molar-refractivity contribution in [3.63, 3.8) is 0 Å². The number of hydrazine groups is 1. The molecule has 0 bridgehead atoms. The molecule has 2 aliphatic carbocycles. The van der Waals surface area contributed by atoms with Gasteiger partial charge in [-0.25, -0.2) is 25.0 Å². The van der Waals surface area contributed by atoms with Gasteiger partial charge in [0.2, 0.25) is 12.4 Å². The third kappa shape index (κ3) is 4.79. The van der Waals surface area contributed by atoms with E-state index < -0.39 is 18.1 Å². The molecule has 10 nitrogen and oxygen atoms in total. The fourth-order valence-electron chi connectivity index (χ4n) is 5.18. The molecule has 6 rings (SSSR count). The van der Waals surface area contributed by atoms with Gasteiger partial charge in [-0.15, -0.1) is 0 Å². The second-order valence-electron chi connectivity index (χ2n) is 10.6. The molecule has 3 heterocycles. The summed E-state index contributed by atoms with van der Waals surface area (Å²) in [6.07, 6.45) is 1.54. The summed E-state index contributed by atoms with van der Waals surface area (Å²) in [5.41, 5.74) is 2.95. The number of aromatic nitrogens is 4. The number of carbonyl (C=O) groups excluding carboxylic acids is 1. The van der Waals surface area contributed by atoms with Crippen LogP contribution in [0, 0.1) is 18.3 Å². The Morgan fingerprint density at radius 1 is 1.18 bits per heavy atom. The molecule has 13 heteroatoms.